The van der Waals surface area contributed by atoms with Crippen LogP contribution in [0.4, 0.5) is 5.69 Å². The van der Waals surface area contributed by atoms with Crippen LogP contribution in [0.5, 0.6) is 5.75 Å². The molecule has 1 N–H and O–H groups in total. The zero-order valence-electron chi connectivity index (χ0n) is 8.63. The summed E-state index contributed by atoms with van der Waals surface area (Å²) < 4.78 is 5.45. The van der Waals surface area contributed by atoms with Crippen molar-refractivity contribution in [1.82, 2.24) is 0 Å². The van der Waals surface area contributed by atoms with Crippen LogP contribution in [0, 0.1) is 0 Å². The summed E-state index contributed by atoms with van der Waals surface area (Å²) in [5.41, 5.74) is 0.757. The first-order chi connectivity index (χ1) is 7.26. The van der Waals surface area contributed by atoms with E-state index in [1.54, 1.807) is 0 Å². The Balaban J connectivity index is 2.61. The molecule has 0 spiro atoms. The molecule has 1 aromatic rings. The quantitative estimate of drug-likeness (QED) is 0.837. The van der Waals surface area contributed by atoms with Gasteiger partial charge in [0.15, 0.2) is 0 Å². The topological polar surface area (TPSA) is 38.3 Å². The van der Waals surface area contributed by atoms with Gasteiger partial charge < -0.3 is 10.1 Å². The molecule has 0 aliphatic heterocycles. The third-order valence-corrected chi connectivity index (χ3v) is 2.22. The van der Waals surface area contributed by atoms with Gasteiger partial charge in [0.05, 0.1) is 11.9 Å². The van der Waals surface area contributed by atoms with Gasteiger partial charge in [-0.1, -0.05) is 28.9 Å². The number of halogens is 1. The van der Waals surface area contributed by atoms with E-state index in [0.29, 0.717) is 11.9 Å². The molecule has 1 rings (SSSR count). The Labute approximate surface area is 97.9 Å². The minimum atomic E-state index is -0.0670. The van der Waals surface area contributed by atoms with E-state index in [-0.39, 0.29) is 5.91 Å². The predicted molar refractivity (Wildman–Crippen MR) is 64.7 cm³/mol. The van der Waals surface area contributed by atoms with Crippen molar-refractivity contribution in [3.63, 3.8) is 0 Å². The number of rotatable bonds is 5. The van der Waals surface area contributed by atoms with E-state index >= 15 is 0 Å². The maximum Gasteiger partial charge on any atom is 0.235 e. The predicted octanol–water partition coefficient (Wildman–Crippen LogP) is 2.81. The lowest BCUT2D eigenvalue weighted by molar-refractivity contribution is -0.113. The van der Waals surface area contributed by atoms with Crippen LogP contribution in [0.2, 0.25) is 0 Å². The van der Waals surface area contributed by atoms with Gasteiger partial charge in [-0.05, 0) is 18.6 Å². The number of benzene rings is 1. The molecule has 0 fully saturated rings. The molecular weight excluding hydrogens is 258 g/mol. The highest BCUT2D eigenvalue weighted by Gasteiger charge is 2.00. The first kappa shape index (κ1) is 12.0. The fourth-order valence-corrected chi connectivity index (χ4v) is 1.22. The third-order valence-electron chi connectivity index (χ3n) is 1.71. The Morgan fingerprint density at radius 1 is 1.53 bits per heavy atom. The van der Waals surface area contributed by atoms with Crippen molar-refractivity contribution in [3.8, 4) is 5.75 Å². The van der Waals surface area contributed by atoms with Crippen molar-refractivity contribution < 1.29 is 9.53 Å². The maximum atomic E-state index is 11.1. The van der Waals surface area contributed by atoms with Crippen LogP contribution >= 0.6 is 15.9 Å². The maximum absolute atomic E-state index is 11.1. The van der Waals surface area contributed by atoms with E-state index in [1.165, 1.54) is 0 Å². The molecule has 0 aliphatic carbocycles. The molecule has 0 radical (unpaired) electrons. The van der Waals surface area contributed by atoms with Crippen LogP contribution in [0.25, 0.3) is 0 Å². The SMILES string of the molecule is CCCOc1cccc(NC(=O)CBr)c1. The minimum Gasteiger partial charge on any atom is -0.494 e. The highest BCUT2D eigenvalue weighted by Crippen LogP contribution is 2.17. The number of carbonyl (C=O) groups excluding carboxylic acids is 1. The monoisotopic (exact) mass is 271 g/mol. The Morgan fingerprint density at radius 2 is 2.33 bits per heavy atom. The fourth-order valence-electron chi connectivity index (χ4n) is 1.08. The van der Waals surface area contributed by atoms with Crippen molar-refractivity contribution in [3.05, 3.63) is 24.3 Å². The molecule has 4 heteroatoms. The molecule has 0 heterocycles. The van der Waals surface area contributed by atoms with Gasteiger partial charge >= 0.3 is 0 Å². The summed E-state index contributed by atoms with van der Waals surface area (Å²) in [6, 6.07) is 7.38. The van der Waals surface area contributed by atoms with E-state index in [2.05, 4.69) is 28.2 Å². The summed E-state index contributed by atoms with van der Waals surface area (Å²) in [6.07, 6.45) is 0.970. The standard InChI is InChI=1S/C11H14BrNO2/c1-2-6-15-10-5-3-4-9(7-10)13-11(14)8-12/h3-5,7H,2,6,8H2,1H3,(H,13,14). The van der Waals surface area contributed by atoms with E-state index < -0.39 is 0 Å². The molecule has 1 amide bonds. The van der Waals surface area contributed by atoms with Crippen molar-refractivity contribution >= 4 is 27.5 Å². The summed E-state index contributed by atoms with van der Waals surface area (Å²) >= 11 is 3.09. The van der Waals surface area contributed by atoms with Crippen molar-refractivity contribution in [2.75, 3.05) is 17.3 Å². The average Bonchev–Trinajstić information content (AvgIpc) is 2.26. The zero-order chi connectivity index (χ0) is 11.1. The van der Waals surface area contributed by atoms with Gasteiger partial charge in [0, 0.05) is 11.8 Å². The van der Waals surface area contributed by atoms with E-state index in [0.717, 1.165) is 17.9 Å². The lowest BCUT2D eigenvalue weighted by Gasteiger charge is -2.07. The number of nitrogens with one attached hydrogen (secondary N) is 1. The van der Waals surface area contributed by atoms with E-state index in [9.17, 15) is 4.79 Å². The van der Waals surface area contributed by atoms with Crippen molar-refractivity contribution in [1.29, 1.82) is 0 Å². The first-order valence-corrected chi connectivity index (χ1v) is 5.97. The van der Waals surface area contributed by atoms with Gasteiger partial charge in [-0.15, -0.1) is 0 Å². The molecule has 0 saturated carbocycles. The molecule has 0 unspecified atom stereocenters. The first-order valence-electron chi connectivity index (χ1n) is 4.85. The molecule has 0 aromatic heterocycles. The third kappa shape index (κ3) is 4.34. The Kier molecular flexibility index (Phi) is 5.18. The largest absolute Gasteiger partial charge is 0.494 e. The highest BCUT2D eigenvalue weighted by molar-refractivity contribution is 9.09. The Bertz CT molecular complexity index is 328. The zero-order valence-corrected chi connectivity index (χ0v) is 10.2. The summed E-state index contributed by atoms with van der Waals surface area (Å²) in [5.74, 6) is 0.715. The fraction of sp³-hybridized carbons (Fsp3) is 0.364. The number of anilines is 1. The molecule has 0 aliphatic rings. The molecular formula is C11H14BrNO2. The second-order valence-corrected chi connectivity index (χ2v) is 3.62. The molecule has 0 saturated heterocycles. The van der Waals surface area contributed by atoms with E-state index in [1.807, 2.05) is 24.3 Å². The van der Waals surface area contributed by atoms with Gasteiger partial charge in [-0.2, -0.15) is 0 Å². The molecule has 1 aromatic carbocycles. The van der Waals surface area contributed by atoms with Crippen LogP contribution < -0.4 is 10.1 Å². The summed E-state index contributed by atoms with van der Waals surface area (Å²) in [6.45, 7) is 2.74. The number of hydrogen-bond donors (Lipinski definition) is 1. The van der Waals surface area contributed by atoms with Gasteiger partial charge in [0.2, 0.25) is 5.91 Å². The normalized spacial score (nSPS) is 9.73. The van der Waals surface area contributed by atoms with Crippen molar-refractivity contribution in [2.45, 2.75) is 13.3 Å². The molecule has 3 nitrogen and oxygen atoms in total. The van der Waals surface area contributed by atoms with Gasteiger partial charge in [0.1, 0.15) is 5.75 Å². The Hall–Kier alpha value is -1.03. The minimum absolute atomic E-state index is 0.0670. The average molecular weight is 272 g/mol. The number of amides is 1. The van der Waals surface area contributed by atoms with Crippen molar-refractivity contribution in [2.24, 2.45) is 0 Å². The lowest BCUT2D eigenvalue weighted by Crippen LogP contribution is -2.12. The smallest absolute Gasteiger partial charge is 0.235 e. The molecule has 0 bridgehead atoms. The lowest BCUT2D eigenvalue weighted by atomic mass is 10.3. The summed E-state index contributed by atoms with van der Waals surface area (Å²) in [5, 5.41) is 3.04. The summed E-state index contributed by atoms with van der Waals surface area (Å²) in [4.78, 5) is 11.1. The van der Waals surface area contributed by atoms with Gasteiger partial charge in [-0.25, -0.2) is 0 Å². The molecule has 0 atom stereocenters. The van der Waals surface area contributed by atoms with Crippen LogP contribution in [-0.2, 0) is 4.79 Å². The van der Waals surface area contributed by atoms with Gasteiger partial charge in [-0.3, -0.25) is 4.79 Å². The molecule has 15 heavy (non-hydrogen) atoms. The highest BCUT2D eigenvalue weighted by atomic mass is 79.9. The number of alkyl halides is 1. The second-order valence-electron chi connectivity index (χ2n) is 3.06. The van der Waals surface area contributed by atoms with Crippen LogP contribution in [-0.4, -0.2) is 17.8 Å². The number of hydrogen-bond acceptors (Lipinski definition) is 2. The molecule has 82 valence electrons. The second kappa shape index (κ2) is 6.45. The van der Waals surface area contributed by atoms with E-state index in [4.69, 9.17) is 4.74 Å². The number of ether oxygens (including phenoxy) is 1. The van der Waals surface area contributed by atoms with Gasteiger partial charge in [0.25, 0.3) is 0 Å². The number of carbonyl (C=O) groups is 1. The summed E-state index contributed by atoms with van der Waals surface area (Å²) in [7, 11) is 0. The Morgan fingerprint density at radius 3 is 3.00 bits per heavy atom. The van der Waals surface area contributed by atoms with Crippen LogP contribution in [0.1, 0.15) is 13.3 Å². The van der Waals surface area contributed by atoms with Crippen LogP contribution in [0.15, 0.2) is 24.3 Å². The van der Waals surface area contributed by atoms with Crippen LogP contribution in [0.3, 0.4) is 0 Å².